The van der Waals surface area contributed by atoms with Crippen LogP contribution in [0.2, 0.25) is 0 Å². The Hall–Kier alpha value is -13.3. The summed E-state index contributed by atoms with van der Waals surface area (Å²) in [6.07, 6.45) is 5.81. The number of piperazine rings is 1. The third kappa shape index (κ3) is 27.6. The minimum absolute atomic E-state index is 0.00136. The number of likely N-dealkylation sites (N-methyl/N-ethyl adjacent to an activating group) is 2. The van der Waals surface area contributed by atoms with E-state index in [4.69, 9.17) is 22.9 Å². The minimum atomic E-state index is -3.61. The number of carbonyl (C=O) groups is 4. The van der Waals surface area contributed by atoms with Crippen molar-refractivity contribution in [3.63, 3.8) is 0 Å². The van der Waals surface area contributed by atoms with Crippen LogP contribution in [0.15, 0.2) is 263 Å². The molecule has 34 nitrogen and oxygen atoms in total. The van der Waals surface area contributed by atoms with Crippen molar-refractivity contribution >= 4 is 109 Å². The molecule has 0 spiro atoms. The molecule has 0 aliphatic carbocycles. The second kappa shape index (κ2) is 45.2. The van der Waals surface area contributed by atoms with E-state index in [1.54, 1.807) is 177 Å². The first-order chi connectivity index (χ1) is 61.1. The lowest BCUT2D eigenvalue weighted by Gasteiger charge is -2.32. The first-order valence-electron chi connectivity index (χ1n) is 40.6. The van der Waals surface area contributed by atoms with Crippen LogP contribution in [0, 0.1) is 0 Å². The fourth-order valence-corrected chi connectivity index (χ4v) is 17.7. The van der Waals surface area contributed by atoms with Crippen LogP contribution in [0.3, 0.4) is 0 Å². The lowest BCUT2D eigenvalue weighted by atomic mass is 10.1. The Morgan fingerprint density at radius 3 is 0.984 bits per heavy atom. The molecule has 13 rings (SSSR count). The van der Waals surface area contributed by atoms with Crippen LogP contribution < -0.4 is 48.9 Å². The molecular formula is C90H104N22O12S4. The molecule has 38 heteroatoms. The molecule has 4 aromatic heterocycles. The van der Waals surface area contributed by atoms with Gasteiger partial charge in [0.25, 0.3) is 23.6 Å². The maximum absolute atomic E-state index is 12.8. The van der Waals surface area contributed by atoms with Crippen molar-refractivity contribution in [2.75, 3.05) is 163 Å². The summed E-state index contributed by atoms with van der Waals surface area (Å²) in [4.78, 5) is 95.2. The highest BCUT2D eigenvalue weighted by Gasteiger charge is 2.27. The van der Waals surface area contributed by atoms with Gasteiger partial charge in [0.15, 0.2) is 75.6 Å². The summed E-state index contributed by atoms with van der Waals surface area (Å²) in [6.45, 7) is 13.3. The molecule has 1 saturated heterocycles. The lowest BCUT2D eigenvalue weighted by molar-refractivity contribution is 0.101. The average molecular weight is 1810 g/mol. The van der Waals surface area contributed by atoms with Crippen LogP contribution in [0.1, 0.15) is 62.7 Å². The van der Waals surface area contributed by atoms with E-state index in [2.05, 4.69) is 87.6 Å². The monoisotopic (exact) mass is 1810 g/mol. The van der Waals surface area contributed by atoms with Crippen LogP contribution in [0.25, 0.3) is 45.0 Å². The molecule has 8 aromatic carbocycles. The Bertz CT molecular complexity index is 6240. The number of sulfone groups is 3. The number of hydrogen-bond acceptors (Lipinski definition) is 29. The summed E-state index contributed by atoms with van der Waals surface area (Å²) < 4.78 is 104. The summed E-state index contributed by atoms with van der Waals surface area (Å²) in [5.74, 6) is -1.74. The van der Waals surface area contributed by atoms with Gasteiger partial charge in [0.1, 0.15) is 0 Å². The average Bonchev–Trinajstić information content (AvgIpc) is 0.813. The highest BCUT2D eigenvalue weighted by Crippen LogP contribution is 2.29. The van der Waals surface area contributed by atoms with Crippen molar-refractivity contribution in [1.82, 2.24) is 69.1 Å². The molecule has 670 valence electrons. The first kappa shape index (κ1) is 96.9. The second-order valence-corrected chi connectivity index (χ2v) is 38.3. The molecule has 1 aliphatic rings. The van der Waals surface area contributed by atoms with Crippen LogP contribution in [0.4, 0.5) is 46.0 Å². The van der Waals surface area contributed by atoms with Gasteiger partial charge in [-0.05, 0) is 152 Å². The normalized spacial score (nSPS) is 12.7. The van der Waals surface area contributed by atoms with Crippen LogP contribution in [-0.2, 0) is 39.5 Å². The van der Waals surface area contributed by atoms with Crippen molar-refractivity contribution in [2.45, 2.75) is 45.6 Å². The predicted octanol–water partition coefficient (Wildman–Crippen LogP) is 9.61. The summed E-state index contributed by atoms with van der Waals surface area (Å²) >= 11 is 0. The van der Waals surface area contributed by atoms with Crippen LogP contribution >= 0.6 is 0 Å². The molecular weight excluding hydrogens is 1710 g/mol. The Morgan fingerprint density at radius 2 is 0.688 bits per heavy atom. The summed E-state index contributed by atoms with van der Waals surface area (Å²) in [5, 5.41) is 10.4. The third-order valence-corrected chi connectivity index (χ3v) is 27.0. The van der Waals surface area contributed by atoms with Gasteiger partial charge in [-0.25, -0.2) is 78.3 Å². The smallest absolute Gasteiger partial charge is 0.278 e. The number of para-hydroxylation sites is 4. The van der Waals surface area contributed by atoms with Crippen LogP contribution in [-0.4, -0.2) is 246 Å². The molecule has 0 radical (unpaired) electrons. The summed E-state index contributed by atoms with van der Waals surface area (Å²) in [5.41, 5.74) is 30.1. The van der Waals surface area contributed by atoms with Crippen molar-refractivity contribution < 1.29 is 52.8 Å². The van der Waals surface area contributed by atoms with E-state index in [-0.39, 0.29) is 77.1 Å². The van der Waals surface area contributed by atoms with Gasteiger partial charge in [-0.15, -0.1) is 0 Å². The standard InChI is InChI=1S/C24H28N6O3S.C23H27N5O3S.C22H25N5O3S.C21H24N6O3S/c1-29-11-13-30(14-12-29)15-16-34(32,33)20-9-7-18(8-10-20)21-17-26-23(25)22(28-21)24(31)27-19-5-3-2-4-6-19;1-3-28(4-2)14-15-32(30,31)19-12-10-17(11-13-19)20-16-25-22(24)21(27-20)23(29)26-18-8-6-5-7-9-18;1-15(14-27(2)3)31(29,30)18-11-9-16(10-12-18)19-13-24-21(23)20(26-19)22(28)25-17-7-5-4-6-8-17;1-27(2)13-12-24-31(29,30)17-10-8-15(9-11-17)18-14-23-20(22)19(26-18)21(28)25-16-6-4-3-5-7-16/h2-10,17H,11-16H2,1H3,(H2,25,26)(H,27,31);5-13,16H,3-4,14-15H2,1-2H3,(H2,24,25)(H,26,29);4-13,15H,14H2,1-3H3,(H2,23,24)(H,25,28);3-11,14,24H,12-13H2,1-2H3,(H2,22,23)(H,25,28). The number of nitrogens with two attached hydrogens (primary N) is 4. The Morgan fingerprint density at radius 1 is 0.391 bits per heavy atom. The van der Waals surface area contributed by atoms with Gasteiger partial charge >= 0.3 is 0 Å². The summed E-state index contributed by atoms with van der Waals surface area (Å²) in [6, 6.07) is 61.3. The van der Waals surface area contributed by atoms with E-state index in [1.807, 2.05) is 88.2 Å². The highest BCUT2D eigenvalue weighted by atomic mass is 32.2. The second-order valence-electron chi connectivity index (χ2n) is 30.0. The number of nitrogens with zero attached hydrogens (tertiary/aromatic N) is 13. The maximum Gasteiger partial charge on any atom is 0.278 e. The minimum Gasteiger partial charge on any atom is -0.382 e. The molecule has 1 aliphatic heterocycles. The zero-order valence-electron chi connectivity index (χ0n) is 72.0. The van der Waals surface area contributed by atoms with E-state index in [0.717, 1.165) is 39.3 Å². The van der Waals surface area contributed by atoms with Gasteiger partial charge in [0.2, 0.25) is 10.0 Å². The number of amides is 4. The molecule has 128 heavy (non-hydrogen) atoms. The molecule has 0 saturated carbocycles. The summed E-state index contributed by atoms with van der Waals surface area (Å²) in [7, 11) is -4.41. The number of nitrogens with one attached hydrogen (secondary N) is 5. The molecule has 12 aromatic rings. The van der Waals surface area contributed by atoms with Gasteiger partial charge in [-0.3, -0.25) is 24.1 Å². The van der Waals surface area contributed by atoms with E-state index >= 15 is 0 Å². The Balaban J connectivity index is 0.000000178. The maximum atomic E-state index is 12.8. The molecule has 5 heterocycles. The van der Waals surface area contributed by atoms with E-state index in [1.165, 1.54) is 36.9 Å². The van der Waals surface area contributed by atoms with Crippen molar-refractivity contribution in [3.8, 4) is 45.0 Å². The SMILES string of the molecule is CC(CN(C)C)S(=O)(=O)c1ccc(-c2cnc(N)c(C(=O)Nc3ccccc3)n2)cc1.CCN(CC)CCS(=O)(=O)c1ccc(-c2cnc(N)c(C(=O)Nc3ccccc3)n2)cc1.CN(C)CCNS(=O)(=O)c1ccc(-c2cnc(N)c(C(=O)Nc3ccccc3)n2)cc1.CN1CCN(CCS(=O)(=O)c2ccc(-c3cnc(N)c(C(=O)Nc4ccccc4)n3)cc2)CC1. The van der Waals surface area contributed by atoms with Gasteiger partial charge in [-0.2, -0.15) is 0 Å². The quantitative estimate of drug-likeness (QED) is 0.0195. The Labute approximate surface area is 746 Å². The number of rotatable bonds is 31. The number of carbonyl (C=O) groups excluding carboxylic acids is 4. The largest absolute Gasteiger partial charge is 0.382 e. The molecule has 1 atom stereocenters. The lowest BCUT2D eigenvalue weighted by Crippen LogP contribution is -2.45. The molecule has 1 fully saturated rings. The van der Waals surface area contributed by atoms with Crippen molar-refractivity contribution in [2.24, 2.45) is 0 Å². The molecule has 4 amide bonds. The van der Waals surface area contributed by atoms with E-state index in [0.29, 0.717) is 101 Å². The molecule has 0 bridgehead atoms. The number of hydrogen-bond donors (Lipinski definition) is 9. The predicted molar refractivity (Wildman–Crippen MR) is 500 cm³/mol. The van der Waals surface area contributed by atoms with Gasteiger partial charge in [-0.1, -0.05) is 135 Å². The molecule has 13 N–H and O–H groups in total. The number of anilines is 8. The zero-order chi connectivity index (χ0) is 92.3. The zero-order valence-corrected chi connectivity index (χ0v) is 75.3. The van der Waals surface area contributed by atoms with Crippen LogP contribution in [0.5, 0.6) is 0 Å². The fourth-order valence-electron chi connectivity index (χ4n) is 12.6. The number of benzene rings is 8. The highest BCUT2D eigenvalue weighted by molar-refractivity contribution is 7.92. The molecule has 1 unspecified atom stereocenters. The Kier molecular flexibility index (Phi) is 34.3. The van der Waals surface area contributed by atoms with Gasteiger partial charge in [0, 0.05) is 104 Å². The van der Waals surface area contributed by atoms with Gasteiger partial charge in [0.05, 0.1) is 83.9 Å². The van der Waals surface area contributed by atoms with E-state index < -0.39 is 68.4 Å². The third-order valence-electron chi connectivity index (χ3n) is 20.0. The van der Waals surface area contributed by atoms with Gasteiger partial charge < -0.3 is 63.8 Å². The van der Waals surface area contributed by atoms with E-state index in [9.17, 15) is 52.8 Å². The first-order valence-corrected chi connectivity index (χ1v) is 46.9. The van der Waals surface area contributed by atoms with Crippen molar-refractivity contribution in [1.29, 1.82) is 0 Å². The topological polar surface area (TPSA) is 488 Å². The number of sulfonamides is 1. The van der Waals surface area contributed by atoms with Crippen molar-refractivity contribution in [3.05, 3.63) is 266 Å². The number of nitrogen functional groups attached to an aromatic ring is 4. The fraction of sp³-hybridized carbons (Fsp3) is 0.244. The number of aromatic nitrogens is 8.